The van der Waals surface area contributed by atoms with Gasteiger partial charge < -0.3 is 20.5 Å². The zero-order chi connectivity index (χ0) is 25.3. The molecule has 1 aromatic rings. The molecular weight excluding hydrogens is 438 g/mol. The van der Waals surface area contributed by atoms with Gasteiger partial charge in [0.25, 0.3) is 0 Å². The van der Waals surface area contributed by atoms with E-state index in [-0.39, 0.29) is 19.1 Å². The first kappa shape index (κ1) is 27.3. The summed E-state index contributed by atoms with van der Waals surface area (Å²) in [7, 11) is 0. The number of nitrogens with one attached hydrogen (secondary N) is 1. The number of nitrogens with two attached hydrogens (primary N) is 1. The maximum Gasteiger partial charge on any atom is 0.410 e. The van der Waals surface area contributed by atoms with Gasteiger partial charge in [-0.05, 0) is 44.6 Å². The van der Waals surface area contributed by atoms with E-state index in [1.807, 2.05) is 44.2 Å². The highest BCUT2D eigenvalue weighted by molar-refractivity contribution is 5.95. The van der Waals surface area contributed by atoms with E-state index in [0.29, 0.717) is 19.3 Å². The summed E-state index contributed by atoms with van der Waals surface area (Å²) in [5.74, 6) is -2.08. The molecule has 9 heteroatoms. The predicted molar refractivity (Wildman–Crippen MR) is 126 cm³/mol. The third-order valence-electron chi connectivity index (χ3n) is 5.96. The summed E-state index contributed by atoms with van der Waals surface area (Å²) in [4.78, 5) is 52.0. The van der Waals surface area contributed by atoms with Crippen molar-refractivity contribution in [3.63, 3.8) is 0 Å². The number of carbonyl (C=O) groups is 4. The summed E-state index contributed by atoms with van der Waals surface area (Å²) in [5.41, 5.74) is 5.72. The lowest BCUT2D eigenvalue weighted by molar-refractivity contribution is -0.165. The molecule has 188 valence electrons. The molecule has 1 aliphatic rings. The number of likely N-dealkylation sites (N-methyl/N-ethyl adjacent to an activating group) is 1. The van der Waals surface area contributed by atoms with Crippen molar-refractivity contribution < 1.29 is 28.7 Å². The molecule has 2 rings (SSSR count). The fraction of sp³-hybridized carbons (Fsp3) is 0.600. The molecule has 1 aromatic carbocycles. The number of rotatable bonds is 10. The van der Waals surface area contributed by atoms with Crippen LogP contribution in [0.2, 0.25) is 0 Å². The van der Waals surface area contributed by atoms with Crippen molar-refractivity contribution in [3.05, 3.63) is 35.9 Å². The summed E-state index contributed by atoms with van der Waals surface area (Å²) < 4.78 is 10.4. The van der Waals surface area contributed by atoms with Crippen LogP contribution >= 0.6 is 0 Å². The average Bonchev–Trinajstić information content (AvgIpc) is 3.25. The first-order chi connectivity index (χ1) is 16.1. The van der Waals surface area contributed by atoms with Crippen molar-refractivity contribution in [3.8, 4) is 0 Å². The number of carbonyl (C=O) groups excluding carboxylic acids is 4. The van der Waals surface area contributed by atoms with E-state index in [1.165, 1.54) is 11.8 Å². The molecule has 0 unspecified atom stereocenters. The van der Waals surface area contributed by atoms with Crippen molar-refractivity contribution in [2.75, 3.05) is 6.54 Å². The topological polar surface area (TPSA) is 128 Å². The second-order valence-corrected chi connectivity index (χ2v) is 9.27. The van der Waals surface area contributed by atoms with Crippen LogP contribution in [0.4, 0.5) is 4.79 Å². The fourth-order valence-electron chi connectivity index (χ4n) is 3.96. The number of amides is 2. The van der Waals surface area contributed by atoms with Gasteiger partial charge in [0, 0.05) is 6.54 Å². The van der Waals surface area contributed by atoms with Crippen LogP contribution in [0, 0.1) is 5.92 Å². The van der Waals surface area contributed by atoms with Crippen LogP contribution in [-0.4, -0.2) is 53.0 Å². The molecule has 1 fully saturated rings. The van der Waals surface area contributed by atoms with Gasteiger partial charge in [0.1, 0.15) is 24.2 Å². The van der Waals surface area contributed by atoms with E-state index in [1.54, 1.807) is 6.92 Å². The molecule has 34 heavy (non-hydrogen) atoms. The van der Waals surface area contributed by atoms with E-state index < -0.39 is 41.6 Å². The van der Waals surface area contributed by atoms with Gasteiger partial charge in [-0.3, -0.25) is 9.69 Å². The molecule has 0 spiro atoms. The van der Waals surface area contributed by atoms with Gasteiger partial charge in [-0.15, -0.1) is 0 Å². The third kappa shape index (κ3) is 7.55. The second kappa shape index (κ2) is 12.5. The number of esters is 2. The van der Waals surface area contributed by atoms with Crippen molar-refractivity contribution >= 4 is 23.9 Å². The zero-order valence-electron chi connectivity index (χ0n) is 20.5. The number of ether oxygens (including phenoxy) is 2. The minimum Gasteiger partial charge on any atom is -0.445 e. The Bertz CT molecular complexity index is 851. The highest BCUT2D eigenvalue weighted by atomic mass is 16.6. The molecule has 1 aliphatic carbocycles. The van der Waals surface area contributed by atoms with Gasteiger partial charge in [0.15, 0.2) is 0 Å². The van der Waals surface area contributed by atoms with Crippen LogP contribution in [0.15, 0.2) is 30.3 Å². The van der Waals surface area contributed by atoms with Crippen molar-refractivity contribution in [2.24, 2.45) is 11.7 Å². The average molecular weight is 476 g/mol. The van der Waals surface area contributed by atoms with Crippen LogP contribution in [0.5, 0.6) is 0 Å². The van der Waals surface area contributed by atoms with E-state index in [9.17, 15) is 19.2 Å². The minimum absolute atomic E-state index is 0.0812. The number of nitrogens with zero attached hydrogens (tertiary/aromatic N) is 1. The molecule has 0 aliphatic heterocycles. The molecule has 0 radical (unpaired) electrons. The largest absolute Gasteiger partial charge is 0.445 e. The lowest BCUT2D eigenvalue weighted by Crippen LogP contribution is -2.54. The summed E-state index contributed by atoms with van der Waals surface area (Å²) in [6.07, 6.45) is 2.28. The fourth-order valence-corrected chi connectivity index (χ4v) is 3.96. The van der Waals surface area contributed by atoms with Crippen LogP contribution < -0.4 is 11.1 Å². The van der Waals surface area contributed by atoms with Crippen LogP contribution in [0.3, 0.4) is 0 Å². The van der Waals surface area contributed by atoms with E-state index >= 15 is 0 Å². The van der Waals surface area contributed by atoms with Crippen LogP contribution in [-0.2, 0) is 30.5 Å². The molecule has 0 aromatic heterocycles. The summed E-state index contributed by atoms with van der Waals surface area (Å²) >= 11 is 0. The van der Waals surface area contributed by atoms with Crippen molar-refractivity contribution in [1.82, 2.24) is 10.2 Å². The van der Waals surface area contributed by atoms with Gasteiger partial charge in [0.05, 0.1) is 0 Å². The summed E-state index contributed by atoms with van der Waals surface area (Å²) in [6, 6.07) is 7.31. The lowest BCUT2D eigenvalue weighted by Gasteiger charge is -2.31. The van der Waals surface area contributed by atoms with E-state index in [0.717, 1.165) is 18.4 Å². The first-order valence-electron chi connectivity index (χ1n) is 11.9. The SMILES string of the molecule is CCN(C(=O)OCc1ccccc1)[C@@H](CC(C)C)C(=O)N[C@@H](C)C(=O)OC(=O)C1(N)CCCC1. The predicted octanol–water partition coefficient (Wildman–Crippen LogP) is 2.91. The summed E-state index contributed by atoms with van der Waals surface area (Å²) in [6.45, 7) is 7.37. The Labute approximate surface area is 201 Å². The van der Waals surface area contributed by atoms with E-state index in [2.05, 4.69) is 5.32 Å². The molecule has 0 saturated heterocycles. The first-order valence-corrected chi connectivity index (χ1v) is 11.9. The van der Waals surface area contributed by atoms with Crippen LogP contribution in [0.25, 0.3) is 0 Å². The minimum atomic E-state index is -1.15. The van der Waals surface area contributed by atoms with Gasteiger partial charge in [-0.1, -0.05) is 57.0 Å². The second-order valence-electron chi connectivity index (χ2n) is 9.27. The Hall–Kier alpha value is -2.94. The highest BCUT2D eigenvalue weighted by Gasteiger charge is 2.41. The molecular formula is C25H37N3O6. The Kier molecular flexibility index (Phi) is 10.0. The van der Waals surface area contributed by atoms with Crippen LogP contribution in [0.1, 0.15) is 65.4 Å². The normalized spacial score (nSPS) is 16.4. The monoisotopic (exact) mass is 475 g/mol. The van der Waals surface area contributed by atoms with Gasteiger partial charge in [-0.25, -0.2) is 14.4 Å². The molecule has 2 amide bonds. The van der Waals surface area contributed by atoms with Gasteiger partial charge in [0.2, 0.25) is 5.91 Å². The lowest BCUT2D eigenvalue weighted by atomic mass is 10.00. The third-order valence-corrected chi connectivity index (χ3v) is 5.96. The quantitative estimate of drug-likeness (QED) is 0.393. The van der Waals surface area contributed by atoms with Gasteiger partial charge >= 0.3 is 18.0 Å². The van der Waals surface area contributed by atoms with Crippen molar-refractivity contribution in [2.45, 2.75) is 84.0 Å². The number of hydrogen-bond acceptors (Lipinski definition) is 7. The number of hydrogen-bond donors (Lipinski definition) is 2. The molecule has 2 atom stereocenters. The smallest absolute Gasteiger partial charge is 0.410 e. The Balaban J connectivity index is 2.02. The Morgan fingerprint density at radius 1 is 1.09 bits per heavy atom. The molecule has 0 heterocycles. The Morgan fingerprint density at radius 2 is 1.71 bits per heavy atom. The maximum absolute atomic E-state index is 13.1. The van der Waals surface area contributed by atoms with E-state index in [4.69, 9.17) is 15.2 Å². The standard InChI is InChI=1S/C25H37N3O6/c1-5-28(24(32)33-16-19-11-7-6-8-12-19)20(15-17(2)3)21(29)27-18(4)22(30)34-23(31)25(26)13-9-10-14-25/h6-8,11-12,17-18,20H,5,9-10,13-16,26H2,1-4H3,(H,27,29)/t18-,20-/m0/s1. The molecule has 9 nitrogen and oxygen atoms in total. The number of benzene rings is 1. The van der Waals surface area contributed by atoms with Crippen molar-refractivity contribution in [1.29, 1.82) is 0 Å². The summed E-state index contributed by atoms with van der Waals surface area (Å²) in [5, 5.41) is 2.58. The molecule has 0 bridgehead atoms. The molecule has 3 N–H and O–H groups in total. The Morgan fingerprint density at radius 3 is 2.26 bits per heavy atom. The highest BCUT2D eigenvalue weighted by Crippen LogP contribution is 2.28. The molecule has 1 saturated carbocycles. The maximum atomic E-state index is 13.1. The van der Waals surface area contributed by atoms with Gasteiger partial charge in [-0.2, -0.15) is 0 Å². The zero-order valence-corrected chi connectivity index (χ0v) is 20.5.